The van der Waals surface area contributed by atoms with Crippen molar-refractivity contribution in [1.29, 1.82) is 0 Å². The van der Waals surface area contributed by atoms with Crippen LogP contribution in [-0.2, 0) is 36.5 Å². The largest absolute Gasteiger partial charge is 0.462 e. The summed E-state index contributed by atoms with van der Waals surface area (Å²) < 4.78 is 38.2. The quantitative estimate of drug-likeness (QED) is 0.115. The standard InChI is InChI=1S/C28H36N5O7P/c1-6-37-16-23-31-24-25(21-14-10-11-15-22(21)30-26(24)29)33(23)17-28(5,35)40-41(36,39-20-12-8-7-9-13-20)32-19(4)27(34)38-18(2)3/h7-15,18-19,35H,6,16-17H2,1-5H3,(H2,29,30)(H,32,36)/t19-,28?,41-/m0/s1. The summed E-state index contributed by atoms with van der Waals surface area (Å²) in [6, 6.07) is 14.6. The summed E-state index contributed by atoms with van der Waals surface area (Å²) in [5.41, 5.74) is 7.94. The van der Waals surface area contributed by atoms with Crippen LogP contribution in [0.3, 0.4) is 0 Å². The second kappa shape index (κ2) is 12.5. The van der Waals surface area contributed by atoms with Gasteiger partial charge in [0.1, 0.15) is 29.7 Å². The Balaban J connectivity index is 1.73. The van der Waals surface area contributed by atoms with E-state index in [9.17, 15) is 14.5 Å². The molecule has 2 aromatic heterocycles. The number of pyridine rings is 1. The molecule has 4 rings (SSSR count). The molecule has 0 aliphatic carbocycles. The third-order valence-corrected chi connectivity index (χ3v) is 7.71. The molecule has 0 aliphatic rings. The summed E-state index contributed by atoms with van der Waals surface area (Å²) in [6.07, 6.45) is -0.389. The highest BCUT2D eigenvalue weighted by Gasteiger charge is 2.40. The number of anilines is 1. The maximum Gasteiger partial charge on any atom is 0.462 e. The zero-order chi connectivity index (χ0) is 29.8. The summed E-state index contributed by atoms with van der Waals surface area (Å²) in [7, 11) is -4.39. The van der Waals surface area contributed by atoms with Gasteiger partial charge in [-0.2, -0.15) is 5.09 Å². The fourth-order valence-corrected chi connectivity index (χ4v) is 5.97. The molecule has 220 valence electrons. The minimum atomic E-state index is -4.39. The van der Waals surface area contributed by atoms with Crippen molar-refractivity contribution in [3.05, 3.63) is 60.4 Å². The highest BCUT2D eigenvalue weighted by molar-refractivity contribution is 7.52. The predicted molar refractivity (Wildman–Crippen MR) is 155 cm³/mol. The average Bonchev–Trinajstić information content (AvgIpc) is 3.25. The van der Waals surface area contributed by atoms with E-state index in [-0.39, 0.29) is 30.8 Å². The van der Waals surface area contributed by atoms with Crippen molar-refractivity contribution in [1.82, 2.24) is 19.6 Å². The first-order valence-electron chi connectivity index (χ1n) is 13.3. The molecule has 0 saturated heterocycles. The molecule has 13 heteroatoms. The molecule has 2 heterocycles. The Morgan fingerprint density at radius 1 is 1.12 bits per heavy atom. The SMILES string of the molecule is CCOCc1nc2c(N)nc3ccccc3c2n1CC(C)(O)O[P@](=O)(N[C@@H](C)C(=O)OC(C)C)Oc1ccccc1. The summed E-state index contributed by atoms with van der Waals surface area (Å²) in [5.74, 6) is -1.89. The molecular weight excluding hydrogens is 549 g/mol. The summed E-state index contributed by atoms with van der Waals surface area (Å²) in [5, 5.41) is 14.9. The van der Waals surface area contributed by atoms with E-state index in [4.69, 9.17) is 24.3 Å². The number of hydrogen-bond donors (Lipinski definition) is 3. The van der Waals surface area contributed by atoms with Gasteiger partial charge in [0.2, 0.25) is 0 Å². The Hall–Kier alpha value is -3.54. The second-order valence-electron chi connectivity index (χ2n) is 9.97. The average molecular weight is 586 g/mol. The third-order valence-electron chi connectivity index (χ3n) is 5.92. The molecule has 0 radical (unpaired) electrons. The molecule has 4 aromatic rings. The Labute approximate surface area is 238 Å². The molecule has 0 saturated carbocycles. The summed E-state index contributed by atoms with van der Waals surface area (Å²) >= 11 is 0. The molecule has 3 atom stereocenters. The molecule has 1 unspecified atom stereocenters. The minimum Gasteiger partial charge on any atom is -0.462 e. The van der Waals surface area contributed by atoms with E-state index in [1.807, 2.05) is 31.2 Å². The van der Waals surface area contributed by atoms with Gasteiger partial charge in [0.15, 0.2) is 11.6 Å². The molecule has 0 fully saturated rings. The Kier molecular flexibility index (Phi) is 9.31. The van der Waals surface area contributed by atoms with Gasteiger partial charge in [-0.05, 0) is 52.8 Å². The van der Waals surface area contributed by atoms with Crippen LogP contribution in [0.5, 0.6) is 5.75 Å². The van der Waals surface area contributed by atoms with E-state index >= 15 is 0 Å². The van der Waals surface area contributed by atoms with Crippen molar-refractivity contribution in [2.75, 3.05) is 12.3 Å². The number of esters is 1. The maximum atomic E-state index is 14.1. The van der Waals surface area contributed by atoms with Gasteiger partial charge in [0.05, 0.1) is 23.7 Å². The van der Waals surface area contributed by atoms with Gasteiger partial charge in [-0.15, -0.1) is 0 Å². The van der Waals surface area contributed by atoms with Gasteiger partial charge in [0.25, 0.3) is 0 Å². The number of imidazole rings is 1. The van der Waals surface area contributed by atoms with E-state index in [1.165, 1.54) is 13.8 Å². The fourth-order valence-electron chi connectivity index (χ4n) is 4.28. The van der Waals surface area contributed by atoms with Gasteiger partial charge >= 0.3 is 13.7 Å². The van der Waals surface area contributed by atoms with E-state index in [2.05, 4.69) is 15.1 Å². The Bertz CT molecular complexity index is 1560. The van der Waals surface area contributed by atoms with Crippen molar-refractivity contribution in [3.8, 4) is 5.75 Å². The van der Waals surface area contributed by atoms with E-state index < -0.39 is 25.5 Å². The Morgan fingerprint density at radius 3 is 2.49 bits per heavy atom. The maximum absolute atomic E-state index is 14.1. The van der Waals surface area contributed by atoms with Gasteiger partial charge in [0, 0.05) is 12.0 Å². The molecule has 0 amide bonds. The molecule has 4 N–H and O–H groups in total. The lowest BCUT2D eigenvalue weighted by molar-refractivity contribution is -0.150. The van der Waals surface area contributed by atoms with Gasteiger partial charge in [-0.25, -0.2) is 14.5 Å². The van der Waals surface area contributed by atoms with Crippen LogP contribution < -0.4 is 15.3 Å². The molecule has 0 spiro atoms. The van der Waals surface area contributed by atoms with Gasteiger partial charge in [-0.3, -0.25) is 9.32 Å². The molecular formula is C28H36N5O7P. The van der Waals surface area contributed by atoms with Crippen molar-refractivity contribution < 1.29 is 33.0 Å². The molecule has 2 aromatic carbocycles. The first kappa shape index (κ1) is 30.4. The number of aliphatic hydroxyl groups is 1. The second-order valence-corrected chi connectivity index (χ2v) is 11.6. The number of ether oxygens (including phenoxy) is 2. The number of para-hydroxylation sites is 2. The first-order valence-corrected chi connectivity index (χ1v) is 14.8. The summed E-state index contributed by atoms with van der Waals surface area (Å²) in [6.45, 7) is 8.37. The van der Waals surface area contributed by atoms with Crippen molar-refractivity contribution in [2.45, 2.75) is 65.7 Å². The lowest BCUT2D eigenvalue weighted by Crippen LogP contribution is -2.40. The third kappa shape index (κ3) is 7.41. The smallest absolute Gasteiger partial charge is 0.462 e. The van der Waals surface area contributed by atoms with Crippen molar-refractivity contribution in [3.63, 3.8) is 0 Å². The van der Waals surface area contributed by atoms with Crippen LogP contribution in [0.1, 0.15) is 40.4 Å². The lowest BCUT2D eigenvalue weighted by Gasteiger charge is -2.31. The van der Waals surface area contributed by atoms with E-state index in [0.717, 1.165) is 5.39 Å². The van der Waals surface area contributed by atoms with Crippen LogP contribution in [0.4, 0.5) is 5.82 Å². The molecule has 41 heavy (non-hydrogen) atoms. The molecule has 0 bridgehead atoms. The van der Waals surface area contributed by atoms with E-state index in [0.29, 0.717) is 29.0 Å². The van der Waals surface area contributed by atoms with Gasteiger partial charge in [-0.1, -0.05) is 36.4 Å². The normalized spacial score (nSPS) is 15.5. The fraction of sp³-hybridized carbons (Fsp3) is 0.393. The van der Waals surface area contributed by atoms with Crippen LogP contribution in [0.2, 0.25) is 0 Å². The zero-order valence-corrected chi connectivity index (χ0v) is 24.6. The topological polar surface area (TPSA) is 160 Å². The van der Waals surface area contributed by atoms with Crippen LogP contribution in [0.15, 0.2) is 54.6 Å². The Morgan fingerprint density at radius 2 is 1.80 bits per heavy atom. The number of hydrogen-bond acceptors (Lipinski definition) is 10. The van der Waals surface area contributed by atoms with Crippen molar-refractivity contribution in [2.24, 2.45) is 0 Å². The van der Waals surface area contributed by atoms with Crippen LogP contribution in [-0.4, -0.2) is 50.2 Å². The highest BCUT2D eigenvalue weighted by Crippen LogP contribution is 2.48. The lowest BCUT2D eigenvalue weighted by atomic mass is 10.2. The van der Waals surface area contributed by atoms with Crippen LogP contribution in [0, 0.1) is 0 Å². The first-order chi connectivity index (χ1) is 19.4. The number of nitrogen functional groups attached to an aromatic ring is 1. The monoisotopic (exact) mass is 585 g/mol. The number of nitrogens with two attached hydrogens (primary N) is 1. The number of fused-ring (bicyclic) bond motifs is 3. The van der Waals surface area contributed by atoms with Crippen molar-refractivity contribution >= 4 is 41.5 Å². The number of benzene rings is 2. The molecule has 12 nitrogen and oxygen atoms in total. The number of nitrogens with zero attached hydrogens (tertiary/aromatic N) is 3. The molecule has 0 aliphatic heterocycles. The van der Waals surface area contributed by atoms with Crippen LogP contribution >= 0.6 is 7.75 Å². The van der Waals surface area contributed by atoms with Gasteiger partial charge < -0.3 is 29.4 Å². The van der Waals surface area contributed by atoms with Crippen LogP contribution in [0.25, 0.3) is 21.9 Å². The number of rotatable bonds is 13. The number of carbonyl (C=O) groups is 1. The van der Waals surface area contributed by atoms with E-state index in [1.54, 1.807) is 48.7 Å². The number of carbonyl (C=O) groups excluding carboxylic acids is 1. The number of aromatic nitrogens is 3. The highest BCUT2D eigenvalue weighted by atomic mass is 31.2. The minimum absolute atomic E-state index is 0.115. The predicted octanol–water partition coefficient (Wildman–Crippen LogP) is 4.55. The summed E-state index contributed by atoms with van der Waals surface area (Å²) in [4.78, 5) is 21.6. The number of nitrogens with one attached hydrogen (secondary N) is 1. The zero-order valence-electron chi connectivity index (χ0n) is 23.7.